The first-order chi connectivity index (χ1) is 8.20. The van der Waals surface area contributed by atoms with Crippen LogP contribution in [0.2, 0.25) is 0 Å². The summed E-state index contributed by atoms with van der Waals surface area (Å²) in [7, 11) is 1.90. The lowest BCUT2D eigenvalue weighted by atomic mass is 10.3. The summed E-state index contributed by atoms with van der Waals surface area (Å²) < 4.78 is 16.6. The van der Waals surface area contributed by atoms with Crippen molar-refractivity contribution < 1.29 is 4.39 Å². The predicted octanol–water partition coefficient (Wildman–Crippen LogP) is 1.60. The van der Waals surface area contributed by atoms with Crippen LogP contribution in [0.3, 0.4) is 0 Å². The maximum Gasteiger partial charge on any atom is 0.149 e. The molecule has 90 valence electrons. The molecule has 17 heavy (non-hydrogen) atoms. The van der Waals surface area contributed by atoms with Gasteiger partial charge < -0.3 is 10.3 Å². The van der Waals surface area contributed by atoms with E-state index in [0.29, 0.717) is 6.54 Å². The van der Waals surface area contributed by atoms with Crippen molar-refractivity contribution in [1.29, 1.82) is 0 Å². The molecular weight excluding hydrogens is 241 g/mol. The third-order valence-electron chi connectivity index (χ3n) is 2.34. The summed E-state index contributed by atoms with van der Waals surface area (Å²) in [6.45, 7) is 0.557. The highest BCUT2D eigenvalue weighted by atomic mass is 32.1. The second-order valence-corrected chi connectivity index (χ2v) is 4.28. The minimum absolute atomic E-state index is 0.248. The van der Waals surface area contributed by atoms with E-state index in [1.54, 1.807) is 12.1 Å². The number of nitrogens with one attached hydrogen (secondary N) is 1. The summed E-state index contributed by atoms with van der Waals surface area (Å²) in [4.78, 5) is 1.94. The van der Waals surface area contributed by atoms with Crippen molar-refractivity contribution in [3.05, 3.63) is 35.8 Å². The fourth-order valence-electron chi connectivity index (χ4n) is 1.43. The lowest BCUT2D eigenvalue weighted by Gasteiger charge is -2.18. The second kappa shape index (κ2) is 5.07. The van der Waals surface area contributed by atoms with E-state index in [4.69, 9.17) is 5.84 Å². The molecule has 2 rings (SSSR count). The minimum atomic E-state index is -0.248. The quantitative estimate of drug-likeness (QED) is 0.640. The summed E-state index contributed by atoms with van der Waals surface area (Å²) in [5.74, 6) is 5.09. The Morgan fingerprint density at radius 3 is 2.76 bits per heavy atom. The Bertz CT molecular complexity index is 484. The maximum absolute atomic E-state index is 12.8. The van der Waals surface area contributed by atoms with Crippen LogP contribution in [0.25, 0.3) is 0 Å². The molecule has 1 heterocycles. The number of benzene rings is 1. The number of anilines is 2. The van der Waals surface area contributed by atoms with Gasteiger partial charge in [-0.2, -0.15) is 0 Å². The molecule has 0 saturated carbocycles. The molecule has 0 amide bonds. The molecule has 1 aromatic carbocycles. The number of nitrogens with zero attached hydrogens (tertiary/aromatic N) is 3. The second-order valence-electron chi connectivity index (χ2n) is 3.53. The number of hydrazine groups is 1. The number of nitrogens with two attached hydrogens (primary N) is 1. The molecular formula is C10H12FN5S. The van der Waals surface area contributed by atoms with E-state index < -0.39 is 0 Å². The van der Waals surface area contributed by atoms with Gasteiger partial charge in [0.05, 0.1) is 6.54 Å². The van der Waals surface area contributed by atoms with Crippen molar-refractivity contribution in [2.24, 2.45) is 5.84 Å². The number of hydrogen-bond donors (Lipinski definition) is 2. The minimum Gasteiger partial charge on any atom is -0.368 e. The number of rotatable bonds is 4. The molecule has 0 spiro atoms. The summed E-state index contributed by atoms with van der Waals surface area (Å²) in [5, 5.41) is 4.72. The van der Waals surface area contributed by atoms with Gasteiger partial charge in [0, 0.05) is 24.3 Å². The lowest BCUT2D eigenvalue weighted by molar-refractivity contribution is 0.627. The van der Waals surface area contributed by atoms with Crippen LogP contribution in [-0.4, -0.2) is 16.6 Å². The van der Waals surface area contributed by atoms with Crippen LogP contribution in [0.4, 0.5) is 15.1 Å². The molecule has 0 aliphatic carbocycles. The van der Waals surface area contributed by atoms with Gasteiger partial charge in [-0.25, -0.2) is 10.2 Å². The highest BCUT2D eigenvalue weighted by Crippen LogP contribution is 2.20. The zero-order valence-corrected chi connectivity index (χ0v) is 10.0. The molecule has 0 unspecified atom stereocenters. The van der Waals surface area contributed by atoms with E-state index in [2.05, 4.69) is 15.0 Å². The molecule has 5 nitrogen and oxygen atoms in total. The van der Waals surface area contributed by atoms with Crippen LogP contribution in [0.1, 0.15) is 5.69 Å². The van der Waals surface area contributed by atoms with Crippen LogP contribution >= 0.6 is 11.5 Å². The summed E-state index contributed by atoms with van der Waals surface area (Å²) in [6.07, 6.45) is 0. The van der Waals surface area contributed by atoms with Crippen molar-refractivity contribution in [3.63, 3.8) is 0 Å². The van der Waals surface area contributed by atoms with Crippen LogP contribution in [0.5, 0.6) is 0 Å². The van der Waals surface area contributed by atoms with Gasteiger partial charge in [-0.3, -0.25) is 0 Å². The van der Waals surface area contributed by atoms with Crippen molar-refractivity contribution in [2.45, 2.75) is 6.54 Å². The Labute approximate surface area is 102 Å². The monoisotopic (exact) mass is 253 g/mol. The average molecular weight is 253 g/mol. The predicted molar refractivity (Wildman–Crippen MR) is 66.2 cm³/mol. The average Bonchev–Trinajstić information content (AvgIpc) is 2.77. The Morgan fingerprint density at radius 1 is 1.41 bits per heavy atom. The third-order valence-corrected chi connectivity index (χ3v) is 3.04. The van der Waals surface area contributed by atoms with Crippen LogP contribution in [0.15, 0.2) is 24.3 Å². The maximum atomic E-state index is 12.8. The fraction of sp³-hybridized carbons (Fsp3) is 0.200. The van der Waals surface area contributed by atoms with Gasteiger partial charge in [0.25, 0.3) is 0 Å². The van der Waals surface area contributed by atoms with Crippen molar-refractivity contribution >= 4 is 22.2 Å². The van der Waals surface area contributed by atoms with Crippen LogP contribution in [0, 0.1) is 5.82 Å². The van der Waals surface area contributed by atoms with Gasteiger partial charge in [0.1, 0.15) is 16.5 Å². The van der Waals surface area contributed by atoms with Crippen molar-refractivity contribution in [3.8, 4) is 0 Å². The smallest absolute Gasteiger partial charge is 0.149 e. The molecule has 0 aliphatic rings. The van der Waals surface area contributed by atoms with E-state index in [9.17, 15) is 4.39 Å². The Kier molecular flexibility index (Phi) is 3.50. The zero-order valence-electron chi connectivity index (χ0n) is 9.22. The lowest BCUT2D eigenvalue weighted by Crippen LogP contribution is -2.18. The first-order valence-corrected chi connectivity index (χ1v) is 5.72. The zero-order chi connectivity index (χ0) is 12.3. The molecule has 3 N–H and O–H groups in total. The van der Waals surface area contributed by atoms with Gasteiger partial charge in [0.2, 0.25) is 0 Å². The largest absolute Gasteiger partial charge is 0.368 e. The Balaban J connectivity index is 2.11. The molecule has 0 bridgehead atoms. The molecule has 0 radical (unpaired) electrons. The van der Waals surface area contributed by atoms with Gasteiger partial charge in [-0.05, 0) is 24.3 Å². The van der Waals surface area contributed by atoms with Gasteiger partial charge in [0.15, 0.2) is 0 Å². The first-order valence-electron chi connectivity index (χ1n) is 4.95. The van der Waals surface area contributed by atoms with Gasteiger partial charge >= 0.3 is 0 Å². The highest BCUT2D eigenvalue weighted by molar-refractivity contribution is 7.10. The van der Waals surface area contributed by atoms with E-state index in [0.717, 1.165) is 16.4 Å². The van der Waals surface area contributed by atoms with Gasteiger partial charge in [-0.15, -0.1) is 5.10 Å². The molecule has 0 atom stereocenters. The highest BCUT2D eigenvalue weighted by Gasteiger charge is 2.10. The fourth-order valence-corrected chi connectivity index (χ4v) is 1.92. The third kappa shape index (κ3) is 2.69. The number of halogens is 1. The van der Waals surface area contributed by atoms with E-state index in [1.165, 1.54) is 23.7 Å². The van der Waals surface area contributed by atoms with Crippen LogP contribution < -0.4 is 16.2 Å². The molecule has 0 aliphatic heterocycles. The standard InChI is InChI=1S/C10H12FN5S/c1-16(8-4-2-7(11)3-5-8)6-9-10(13-12)17-15-14-9/h2-5,13H,6,12H2,1H3. The number of nitrogen functional groups attached to an aromatic ring is 1. The van der Waals surface area contributed by atoms with Crippen molar-refractivity contribution in [2.75, 3.05) is 17.4 Å². The molecule has 0 fully saturated rings. The Hall–Kier alpha value is -1.73. The van der Waals surface area contributed by atoms with Crippen molar-refractivity contribution in [1.82, 2.24) is 9.59 Å². The normalized spacial score (nSPS) is 10.3. The van der Waals surface area contributed by atoms with E-state index in [-0.39, 0.29) is 5.82 Å². The summed E-state index contributed by atoms with van der Waals surface area (Å²) in [6, 6.07) is 6.27. The van der Waals surface area contributed by atoms with Crippen LogP contribution in [-0.2, 0) is 6.54 Å². The topological polar surface area (TPSA) is 67.1 Å². The first kappa shape index (κ1) is 11.7. The van der Waals surface area contributed by atoms with E-state index >= 15 is 0 Å². The summed E-state index contributed by atoms with van der Waals surface area (Å²) in [5.41, 5.74) is 4.22. The molecule has 0 saturated heterocycles. The molecule has 7 heteroatoms. The number of hydrogen-bond acceptors (Lipinski definition) is 6. The van der Waals surface area contributed by atoms with Gasteiger partial charge in [-0.1, -0.05) is 4.49 Å². The van der Waals surface area contributed by atoms with E-state index in [1.807, 2.05) is 11.9 Å². The molecule has 2 aromatic rings. The molecule has 1 aromatic heterocycles. The Morgan fingerprint density at radius 2 is 2.12 bits per heavy atom. The number of aromatic nitrogens is 2. The SMILES string of the molecule is CN(Cc1nnsc1NN)c1ccc(F)cc1. The summed E-state index contributed by atoms with van der Waals surface area (Å²) >= 11 is 1.21.